The monoisotopic (exact) mass is 196 g/mol. The van der Waals surface area contributed by atoms with Crippen LogP contribution in [-0.4, -0.2) is 11.9 Å². The third-order valence-corrected chi connectivity index (χ3v) is 1.11. The highest BCUT2D eigenvalue weighted by molar-refractivity contribution is 5.89. The van der Waals surface area contributed by atoms with Crippen molar-refractivity contribution < 1.29 is 19.1 Å². The minimum atomic E-state index is -0.690. The molecule has 0 aliphatic carbocycles. The highest BCUT2D eigenvalue weighted by Crippen LogP contribution is 2.04. The van der Waals surface area contributed by atoms with Crippen LogP contribution in [0.15, 0.2) is 36.8 Å². The van der Waals surface area contributed by atoms with E-state index in [1.165, 1.54) is 13.8 Å². The van der Waals surface area contributed by atoms with Crippen LogP contribution in [0.3, 0.4) is 0 Å². The fraction of sp³-hybridized carbons (Fsp3) is 0.200. The molecular formula is C10H12O4. The maximum atomic E-state index is 10.9. The topological polar surface area (TPSA) is 52.6 Å². The lowest BCUT2D eigenvalue weighted by Crippen LogP contribution is -2.11. The van der Waals surface area contributed by atoms with Crippen molar-refractivity contribution in [1.29, 1.82) is 0 Å². The van der Waals surface area contributed by atoms with E-state index in [1.807, 2.05) is 0 Å². The molecule has 0 radical (unpaired) electrons. The van der Waals surface area contributed by atoms with Crippen molar-refractivity contribution in [2.75, 3.05) is 0 Å². The summed E-state index contributed by atoms with van der Waals surface area (Å²) in [5.74, 6) is -1.76. The molecule has 0 aromatic heterocycles. The number of esters is 2. The van der Waals surface area contributed by atoms with Crippen molar-refractivity contribution in [2.45, 2.75) is 13.8 Å². The lowest BCUT2D eigenvalue weighted by molar-refractivity contribution is -0.148. The zero-order chi connectivity index (χ0) is 11.3. The Balaban J connectivity index is 4.12. The quantitative estimate of drug-likeness (QED) is 0.390. The predicted molar refractivity (Wildman–Crippen MR) is 51.0 cm³/mol. The summed E-state index contributed by atoms with van der Waals surface area (Å²) in [5.41, 5.74) is 0.384. The van der Waals surface area contributed by atoms with Crippen LogP contribution in [0.5, 0.6) is 0 Å². The Labute approximate surface area is 82.5 Å². The molecule has 0 saturated carbocycles. The molecule has 0 spiro atoms. The van der Waals surface area contributed by atoms with Crippen LogP contribution in [0.25, 0.3) is 0 Å². The van der Waals surface area contributed by atoms with Crippen molar-refractivity contribution >= 4 is 11.9 Å². The van der Waals surface area contributed by atoms with Crippen molar-refractivity contribution in [3.05, 3.63) is 36.8 Å². The Morgan fingerprint density at radius 2 is 1.14 bits per heavy atom. The summed E-state index contributed by atoms with van der Waals surface area (Å²) in [6.45, 7) is 12.9. The minimum absolute atomic E-state index is 0.192. The Morgan fingerprint density at radius 3 is 1.36 bits per heavy atom. The summed E-state index contributed by atoms with van der Waals surface area (Å²) in [6, 6.07) is 0. The second-order valence-electron chi connectivity index (χ2n) is 2.71. The molecule has 0 amide bonds. The van der Waals surface area contributed by atoms with E-state index < -0.39 is 11.9 Å². The van der Waals surface area contributed by atoms with E-state index in [9.17, 15) is 9.59 Å². The van der Waals surface area contributed by atoms with Crippen LogP contribution in [0.2, 0.25) is 0 Å². The van der Waals surface area contributed by atoms with Gasteiger partial charge in [0.05, 0.1) is 0 Å². The molecule has 0 aliphatic rings. The Bertz CT molecular complexity index is 282. The van der Waals surface area contributed by atoms with E-state index in [-0.39, 0.29) is 17.1 Å². The Morgan fingerprint density at radius 1 is 0.857 bits per heavy atom. The molecular weight excluding hydrogens is 184 g/mol. The van der Waals surface area contributed by atoms with Crippen LogP contribution in [0.4, 0.5) is 0 Å². The van der Waals surface area contributed by atoms with Gasteiger partial charge in [0.25, 0.3) is 5.95 Å². The second-order valence-corrected chi connectivity index (χ2v) is 2.71. The Hall–Kier alpha value is -1.84. The molecule has 4 heteroatoms. The first-order chi connectivity index (χ1) is 6.34. The van der Waals surface area contributed by atoms with Gasteiger partial charge in [-0.2, -0.15) is 0 Å². The van der Waals surface area contributed by atoms with E-state index in [4.69, 9.17) is 0 Å². The van der Waals surface area contributed by atoms with Gasteiger partial charge in [0, 0.05) is 11.1 Å². The summed E-state index contributed by atoms with van der Waals surface area (Å²) in [7, 11) is 0. The zero-order valence-corrected chi connectivity index (χ0v) is 8.25. The average molecular weight is 196 g/mol. The minimum Gasteiger partial charge on any atom is -0.390 e. The van der Waals surface area contributed by atoms with Gasteiger partial charge in [-0.25, -0.2) is 9.59 Å². The number of carbonyl (C=O) groups excluding carboxylic acids is 2. The summed E-state index contributed by atoms with van der Waals surface area (Å²) >= 11 is 0. The first-order valence-corrected chi connectivity index (χ1v) is 3.79. The highest BCUT2D eigenvalue weighted by atomic mass is 16.7. The van der Waals surface area contributed by atoms with Gasteiger partial charge in [-0.1, -0.05) is 13.2 Å². The van der Waals surface area contributed by atoms with Gasteiger partial charge < -0.3 is 9.47 Å². The van der Waals surface area contributed by atoms with Crippen LogP contribution >= 0.6 is 0 Å². The first kappa shape index (κ1) is 12.2. The van der Waals surface area contributed by atoms with Gasteiger partial charge in [-0.3, -0.25) is 0 Å². The summed E-state index contributed by atoms with van der Waals surface area (Å²) in [6.07, 6.45) is 0. The van der Waals surface area contributed by atoms with Crippen LogP contribution < -0.4 is 0 Å². The van der Waals surface area contributed by atoms with Crippen molar-refractivity contribution in [1.82, 2.24) is 0 Å². The molecule has 0 aromatic carbocycles. The molecule has 14 heavy (non-hydrogen) atoms. The second kappa shape index (κ2) is 5.01. The molecule has 0 rings (SSSR count). The van der Waals surface area contributed by atoms with Crippen molar-refractivity contribution in [3.8, 4) is 0 Å². The molecule has 0 atom stereocenters. The number of ether oxygens (including phenoxy) is 2. The molecule has 0 unspecified atom stereocenters. The number of carbonyl (C=O) groups is 2. The number of hydrogen-bond donors (Lipinski definition) is 0. The SMILES string of the molecule is C=C(OC(=O)C(=C)C)OC(=O)C(=C)C. The van der Waals surface area contributed by atoms with E-state index >= 15 is 0 Å². The molecule has 0 aromatic rings. The lowest BCUT2D eigenvalue weighted by atomic mass is 10.4. The number of hydrogen-bond acceptors (Lipinski definition) is 4. The average Bonchev–Trinajstić information content (AvgIpc) is 2.03. The lowest BCUT2D eigenvalue weighted by Gasteiger charge is -2.06. The fourth-order valence-electron chi connectivity index (χ4n) is 0.402. The van der Waals surface area contributed by atoms with Gasteiger partial charge in [-0.05, 0) is 20.4 Å². The highest BCUT2D eigenvalue weighted by Gasteiger charge is 2.11. The van der Waals surface area contributed by atoms with Crippen LogP contribution in [-0.2, 0) is 19.1 Å². The normalized spacial score (nSPS) is 8.71. The van der Waals surface area contributed by atoms with Crippen molar-refractivity contribution in [2.24, 2.45) is 0 Å². The molecule has 0 N–H and O–H groups in total. The van der Waals surface area contributed by atoms with Crippen LogP contribution in [0, 0.1) is 0 Å². The number of rotatable bonds is 4. The van der Waals surface area contributed by atoms with Gasteiger partial charge in [0.2, 0.25) is 0 Å². The standard InChI is InChI=1S/C10H12O4/c1-6(2)9(11)13-8(5)14-10(12)7(3)4/h1,3,5H2,2,4H3. The van der Waals surface area contributed by atoms with E-state index in [0.29, 0.717) is 0 Å². The van der Waals surface area contributed by atoms with E-state index in [1.54, 1.807) is 0 Å². The van der Waals surface area contributed by atoms with Gasteiger partial charge >= 0.3 is 11.9 Å². The predicted octanol–water partition coefficient (Wildman–Crippen LogP) is 1.70. The molecule has 0 bridgehead atoms. The molecule has 0 aliphatic heterocycles. The molecule has 0 heterocycles. The van der Waals surface area contributed by atoms with E-state index in [0.717, 1.165) is 0 Å². The van der Waals surface area contributed by atoms with Gasteiger partial charge in [-0.15, -0.1) is 0 Å². The zero-order valence-electron chi connectivity index (χ0n) is 8.25. The van der Waals surface area contributed by atoms with Gasteiger partial charge in [0.1, 0.15) is 0 Å². The maximum absolute atomic E-state index is 10.9. The van der Waals surface area contributed by atoms with Crippen molar-refractivity contribution in [3.63, 3.8) is 0 Å². The third-order valence-electron chi connectivity index (χ3n) is 1.11. The smallest absolute Gasteiger partial charge is 0.340 e. The Kier molecular flexibility index (Phi) is 4.35. The summed E-state index contributed by atoms with van der Waals surface area (Å²) in [5, 5.41) is 0. The van der Waals surface area contributed by atoms with E-state index in [2.05, 4.69) is 29.2 Å². The summed E-state index contributed by atoms with van der Waals surface area (Å²) < 4.78 is 9.03. The fourth-order valence-corrected chi connectivity index (χ4v) is 0.402. The molecule has 0 saturated heterocycles. The largest absolute Gasteiger partial charge is 0.390 e. The third kappa shape index (κ3) is 4.25. The first-order valence-electron chi connectivity index (χ1n) is 3.79. The molecule has 4 nitrogen and oxygen atoms in total. The maximum Gasteiger partial charge on any atom is 0.340 e. The van der Waals surface area contributed by atoms with Gasteiger partial charge in [0.15, 0.2) is 0 Å². The molecule has 76 valence electrons. The summed E-state index contributed by atoms with van der Waals surface area (Å²) in [4.78, 5) is 21.8. The van der Waals surface area contributed by atoms with Crippen LogP contribution in [0.1, 0.15) is 13.8 Å². The molecule has 0 fully saturated rings.